The van der Waals surface area contributed by atoms with E-state index in [-0.39, 0.29) is 12.2 Å². The van der Waals surface area contributed by atoms with Crippen LogP contribution in [0.15, 0.2) is 18.5 Å². The van der Waals surface area contributed by atoms with Gasteiger partial charge in [0.2, 0.25) is 0 Å². The highest BCUT2D eigenvalue weighted by Gasteiger charge is 2.13. The molecule has 0 fully saturated rings. The van der Waals surface area contributed by atoms with E-state index in [2.05, 4.69) is 4.98 Å². The fourth-order valence-electron chi connectivity index (χ4n) is 1.14. The zero-order valence-electron chi connectivity index (χ0n) is 8.22. The van der Waals surface area contributed by atoms with Crippen molar-refractivity contribution in [2.75, 3.05) is 12.0 Å². The molecule has 1 atom stereocenters. The van der Waals surface area contributed by atoms with Crippen molar-refractivity contribution in [3.8, 4) is 0 Å². The summed E-state index contributed by atoms with van der Waals surface area (Å²) in [6, 6.07) is 1.58. The molecular weight excluding hydrogens is 238 g/mol. The summed E-state index contributed by atoms with van der Waals surface area (Å²) in [5.41, 5.74) is 0.510. The summed E-state index contributed by atoms with van der Waals surface area (Å²) in [6.45, 7) is 0. The minimum atomic E-state index is -3.06. The molecule has 1 rings (SSSR count). The predicted octanol–water partition coefficient (Wildman–Crippen LogP) is 1.20. The van der Waals surface area contributed by atoms with E-state index in [1.54, 1.807) is 6.07 Å². The van der Waals surface area contributed by atoms with Crippen molar-refractivity contribution in [2.24, 2.45) is 0 Å². The van der Waals surface area contributed by atoms with Crippen LogP contribution in [-0.2, 0) is 9.84 Å². The zero-order chi connectivity index (χ0) is 11.5. The standard InChI is InChI=1S/C9H12ClNO3S/c1-15(13,14)5-3-9(12)7-2-4-11-6-8(7)10/h2,4,6,9,12H,3,5H2,1H3. The van der Waals surface area contributed by atoms with Gasteiger partial charge in [-0.1, -0.05) is 11.6 Å². The van der Waals surface area contributed by atoms with Crippen molar-refractivity contribution in [1.29, 1.82) is 0 Å². The second kappa shape index (κ2) is 4.92. The van der Waals surface area contributed by atoms with Gasteiger partial charge < -0.3 is 5.11 Å². The quantitative estimate of drug-likeness (QED) is 0.871. The van der Waals surface area contributed by atoms with E-state index >= 15 is 0 Å². The van der Waals surface area contributed by atoms with E-state index in [1.165, 1.54) is 12.4 Å². The van der Waals surface area contributed by atoms with Gasteiger partial charge in [0, 0.05) is 24.2 Å². The van der Waals surface area contributed by atoms with Crippen LogP contribution in [0, 0.1) is 0 Å². The Bertz CT molecular complexity index is 433. The lowest BCUT2D eigenvalue weighted by Gasteiger charge is -2.11. The van der Waals surface area contributed by atoms with Crippen LogP contribution in [0.3, 0.4) is 0 Å². The highest BCUT2D eigenvalue weighted by molar-refractivity contribution is 7.90. The molecule has 0 radical (unpaired) electrons. The maximum absolute atomic E-state index is 10.9. The largest absolute Gasteiger partial charge is 0.388 e. The van der Waals surface area contributed by atoms with Gasteiger partial charge >= 0.3 is 0 Å². The number of rotatable bonds is 4. The molecule has 1 aromatic heterocycles. The van der Waals surface area contributed by atoms with Crippen LogP contribution in [0.4, 0.5) is 0 Å². The first kappa shape index (κ1) is 12.4. The van der Waals surface area contributed by atoms with Crippen molar-refractivity contribution in [2.45, 2.75) is 12.5 Å². The maximum atomic E-state index is 10.9. The monoisotopic (exact) mass is 249 g/mol. The minimum absolute atomic E-state index is 0.0627. The third-order valence-corrected chi connectivity index (χ3v) is 3.22. The first-order valence-corrected chi connectivity index (χ1v) is 6.79. The lowest BCUT2D eigenvalue weighted by molar-refractivity contribution is 0.174. The molecule has 0 saturated heterocycles. The van der Waals surface area contributed by atoms with Gasteiger partial charge in [0.15, 0.2) is 0 Å². The molecule has 4 nitrogen and oxygen atoms in total. The number of sulfone groups is 1. The molecule has 1 aromatic rings. The smallest absolute Gasteiger partial charge is 0.147 e. The first-order chi connectivity index (χ1) is 6.90. The molecule has 0 spiro atoms. The normalized spacial score (nSPS) is 13.8. The summed E-state index contributed by atoms with van der Waals surface area (Å²) in [5.74, 6) is -0.0627. The molecule has 0 aliphatic heterocycles. The highest BCUT2D eigenvalue weighted by atomic mass is 35.5. The Morgan fingerprint density at radius 1 is 1.60 bits per heavy atom. The molecule has 1 N–H and O–H groups in total. The average molecular weight is 250 g/mol. The summed E-state index contributed by atoms with van der Waals surface area (Å²) in [7, 11) is -3.06. The third kappa shape index (κ3) is 4.15. The number of nitrogens with zero attached hydrogens (tertiary/aromatic N) is 1. The second-order valence-electron chi connectivity index (χ2n) is 3.33. The Labute approximate surface area is 93.8 Å². The van der Waals surface area contributed by atoms with Crippen LogP contribution >= 0.6 is 11.6 Å². The lowest BCUT2D eigenvalue weighted by Crippen LogP contribution is -2.08. The number of hydrogen-bond acceptors (Lipinski definition) is 4. The number of aliphatic hydroxyl groups excluding tert-OH is 1. The number of aliphatic hydroxyl groups is 1. The van der Waals surface area contributed by atoms with Gasteiger partial charge in [-0.05, 0) is 12.5 Å². The van der Waals surface area contributed by atoms with Gasteiger partial charge in [-0.25, -0.2) is 8.42 Å². The van der Waals surface area contributed by atoms with Crippen LogP contribution in [0.1, 0.15) is 18.1 Å². The van der Waals surface area contributed by atoms with E-state index in [0.29, 0.717) is 10.6 Å². The molecule has 6 heteroatoms. The topological polar surface area (TPSA) is 67.3 Å². The Kier molecular flexibility index (Phi) is 4.07. The molecule has 0 bridgehead atoms. The van der Waals surface area contributed by atoms with Gasteiger partial charge in [0.25, 0.3) is 0 Å². The fourth-order valence-corrected chi connectivity index (χ4v) is 2.03. The van der Waals surface area contributed by atoms with Gasteiger partial charge in [-0.15, -0.1) is 0 Å². The van der Waals surface area contributed by atoms with Crippen molar-refractivity contribution in [3.63, 3.8) is 0 Å². The van der Waals surface area contributed by atoms with Gasteiger partial charge in [-0.3, -0.25) is 4.98 Å². The molecule has 0 aromatic carbocycles. The molecule has 0 amide bonds. The van der Waals surface area contributed by atoms with Crippen molar-refractivity contribution in [1.82, 2.24) is 4.98 Å². The maximum Gasteiger partial charge on any atom is 0.147 e. The Hall–Kier alpha value is -0.650. The molecule has 0 aliphatic carbocycles. The third-order valence-electron chi connectivity index (χ3n) is 1.92. The number of pyridine rings is 1. The van der Waals surface area contributed by atoms with Gasteiger partial charge in [-0.2, -0.15) is 0 Å². The highest BCUT2D eigenvalue weighted by Crippen LogP contribution is 2.24. The summed E-state index contributed by atoms with van der Waals surface area (Å²) in [6.07, 6.45) is 3.33. The van der Waals surface area contributed by atoms with Crippen molar-refractivity contribution >= 4 is 21.4 Å². The van der Waals surface area contributed by atoms with Crippen molar-refractivity contribution in [3.05, 3.63) is 29.0 Å². The van der Waals surface area contributed by atoms with E-state index in [0.717, 1.165) is 6.26 Å². The van der Waals surface area contributed by atoms with E-state index < -0.39 is 15.9 Å². The first-order valence-electron chi connectivity index (χ1n) is 4.35. The molecule has 0 saturated carbocycles. The fraction of sp³-hybridized carbons (Fsp3) is 0.444. The molecule has 1 heterocycles. The summed E-state index contributed by atoms with van der Waals surface area (Å²) in [4.78, 5) is 3.77. The van der Waals surface area contributed by atoms with E-state index in [4.69, 9.17) is 11.6 Å². The van der Waals surface area contributed by atoms with Crippen LogP contribution in [0.25, 0.3) is 0 Å². The van der Waals surface area contributed by atoms with Crippen molar-refractivity contribution < 1.29 is 13.5 Å². The molecule has 84 valence electrons. The predicted molar refractivity (Wildman–Crippen MR) is 58.5 cm³/mol. The average Bonchev–Trinajstić information content (AvgIpc) is 2.14. The molecule has 0 aliphatic rings. The Balaban J connectivity index is 2.70. The van der Waals surface area contributed by atoms with E-state index in [1.807, 2.05) is 0 Å². The van der Waals surface area contributed by atoms with Gasteiger partial charge in [0.1, 0.15) is 9.84 Å². The number of halogens is 1. The number of hydrogen-bond donors (Lipinski definition) is 1. The minimum Gasteiger partial charge on any atom is -0.388 e. The Morgan fingerprint density at radius 3 is 2.80 bits per heavy atom. The summed E-state index contributed by atoms with van der Waals surface area (Å²) < 4.78 is 21.8. The molecular formula is C9H12ClNO3S. The summed E-state index contributed by atoms with van der Waals surface area (Å²) in [5, 5.41) is 10.0. The summed E-state index contributed by atoms with van der Waals surface area (Å²) >= 11 is 5.80. The molecule has 15 heavy (non-hydrogen) atoms. The Morgan fingerprint density at radius 2 is 2.27 bits per heavy atom. The van der Waals surface area contributed by atoms with E-state index in [9.17, 15) is 13.5 Å². The molecule has 1 unspecified atom stereocenters. The van der Waals surface area contributed by atoms with Crippen LogP contribution < -0.4 is 0 Å². The number of aromatic nitrogens is 1. The second-order valence-corrected chi connectivity index (χ2v) is 6.00. The van der Waals surface area contributed by atoms with Gasteiger partial charge in [0.05, 0.1) is 16.9 Å². The van der Waals surface area contributed by atoms with Crippen LogP contribution in [0.5, 0.6) is 0 Å². The van der Waals surface area contributed by atoms with Crippen LogP contribution in [-0.4, -0.2) is 30.5 Å². The zero-order valence-corrected chi connectivity index (χ0v) is 9.79. The van der Waals surface area contributed by atoms with Crippen LogP contribution in [0.2, 0.25) is 5.02 Å². The SMILES string of the molecule is CS(=O)(=O)CCC(O)c1ccncc1Cl. The lowest BCUT2D eigenvalue weighted by atomic mass is 10.1.